The molecular formula is C26H27N3O2. The van der Waals surface area contributed by atoms with Crippen molar-refractivity contribution in [2.24, 2.45) is 5.92 Å². The fraction of sp³-hybridized carbons (Fsp3) is 0.231. The van der Waals surface area contributed by atoms with E-state index >= 15 is 0 Å². The molecule has 158 valence electrons. The van der Waals surface area contributed by atoms with Gasteiger partial charge in [0.15, 0.2) is 0 Å². The minimum atomic E-state index is -0.259. The molecule has 0 aliphatic heterocycles. The number of hydrogen-bond donors (Lipinski definition) is 3. The molecule has 1 aliphatic carbocycles. The van der Waals surface area contributed by atoms with E-state index in [1.807, 2.05) is 54.6 Å². The maximum atomic E-state index is 12.4. The Hall–Kier alpha value is -3.60. The molecule has 1 saturated carbocycles. The Bertz CT molecular complexity index is 978. The second-order valence-electron chi connectivity index (χ2n) is 7.89. The van der Waals surface area contributed by atoms with Crippen molar-refractivity contribution in [3.63, 3.8) is 0 Å². The molecular weight excluding hydrogens is 386 g/mol. The average Bonchev–Trinajstić information content (AvgIpc) is 3.64. The summed E-state index contributed by atoms with van der Waals surface area (Å²) in [6, 6.07) is 27.7. The van der Waals surface area contributed by atoms with Crippen LogP contribution in [0.15, 0.2) is 84.9 Å². The predicted octanol–water partition coefficient (Wildman–Crippen LogP) is 5.38. The van der Waals surface area contributed by atoms with Crippen molar-refractivity contribution in [3.05, 3.63) is 96.1 Å². The van der Waals surface area contributed by atoms with Crippen LogP contribution < -0.4 is 16.0 Å². The molecule has 0 spiro atoms. The SMILES string of the molecule is O=C(NCCC(c1ccccc1)c1ccccc1)Nc1cccc(NC(=O)C2CC2)c1. The van der Waals surface area contributed by atoms with E-state index in [0.717, 1.165) is 19.3 Å². The highest BCUT2D eigenvalue weighted by Gasteiger charge is 2.29. The summed E-state index contributed by atoms with van der Waals surface area (Å²) in [4.78, 5) is 24.3. The standard InChI is InChI=1S/C26H27N3O2/c30-25(21-14-15-21)28-22-12-7-13-23(18-22)29-26(31)27-17-16-24(19-8-3-1-4-9-19)20-10-5-2-6-11-20/h1-13,18,21,24H,14-17H2,(H,28,30)(H2,27,29,31). The first-order chi connectivity index (χ1) is 15.2. The minimum Gasteiger partial charge on any atom is -0.338 e. The van der Waals surface area contributed by atoms with Crippen LogP contribution in [0.3, 0.4) is 0 Å². The Morgan fingerprint density at radius 2 is 1.35 bits per heavy atom. The van der Waals surface area contributed by atoms with Gasteiger partial charge >= 0.3 is 6.03 Å². The van der Waals surface area contributed by atoms with Gasteiger partial charge in [0.2, 0.25) is 5.91 Å². The summed E-state index contributed by atoms with van der Waals surface area (Å²) in [5, 5.41) is 8.71. The predicted molar refractivity (Wildman–Crippen MR) is 124 cm³/mol. The van der Waals surface area contributed by atoms with Crippen LogP contribution in [0.4, 0.5) is 16.2 Å². The van der Waals surface area contributed by atoms with Crippen molar-refractivity contribution in [2.45, 2.75) is 25.2 Å². The highest BCUT2D eigenvalue weighted by atomic mass is 16.2. The fourth-order valence-electron chi connectivity index (χ4n) is 3.67. The Morgan fingerprint density at radius 3 is 1.94 bits per heavy atom. The molecule has 0 saturated heterocycles. The van der Waals surface area contributed by atoms with Gasteiger partial charge in [0.25, 0.3) is 0 Å². The number of hydrogen-bond acceptors (Lipinski definition) is 2. The lowest BCUT2D eigenvalue weighted by Gasteiger charge is -2.18. The maximum absolute atomic E-state index is 12.4. The molecule has 0 radical (unpaired) electrons. The molecule has 3 amide bonds. The summed E-state index contributed by atoms with van der Waals surface area (Å²) in [5.74, 6) is 0.403. The first kappa shape index (κ1) is 20.7. The van der Waals surface area contributed by atoms with Crippen LogP contribution in [-0.2, 0) is 4.79 Å². The van der Waals surface area contributed by atoms with Crippen LogP contribution >= 0.6 is 0 Å². The number of rotatable bonds is 8. The first-order valence-electron chi connectivity index (χ1n) is 10.7. The maximum Gasteiger partial charge on any atom is 0.319 e. The van der Waals surface area contributed by atoms with Gasteiger partial charge in [-0.15, -0.1) is 0 Å². The van der Waals surface area contributed by atoms with E-state index in [-0.39, 0.29) is 23.8 Å². The van der Waals surface area contributed by atoms with Crippen molar-refractivity contribution in [2.75, 3.05) is 17.2 Å². The van der Waals surface area contributed by atoms with Crippen LogP contribution in [0.5, 0.6) is 0 Å². The van der Waals surface area contributed by atoms with Crippen molar-refractivity contribution in [3.8, 4) is 0 Å². The highest BCUT2D eigenvalue weighted by Crippen LogP contribution is 2.30. The van der Waals surface area contributed by atoms with Crippen molar-refractivity contribution >= 4 is 23.3 Å². The van der Waals surface area contributed by atoms with Crippen LogP contribution in [0.2, 0.25) is 0 Å². The molecule has 31 heavy (non-hydrogen) atoms. The normalized spacial score (nSPS) is 12.9. The zero-order valence-electron chi connectivity index (χ0n) is 17.4. The van der Waals surface area contributed by atoms with Gasteiger partial charge in [0.05, 0.1) is 0 Å². The summed E-state index contributed by atoms with van der Waals surface area (Å²) < 4.78 is 0. The van der Waals surface area contributed by atoms with Crippen LogP contribution in [0.25, 0.3) is 0 Å². The molecule has 1 fully saturated rings. The van der Waals surface area contributed by atoms with E-state index in [1.165, 1.54) is 11.1 Å². The van der Waals surface area contributed by atoms with E-state index in [4.69, 9.17) is 0 Å². The molecule has 1 aliphatic rings. The minimum absolute atomic E-state index is 0.0504. The quantitative estimate of drug-likeness (QED) is 0.464. The van der Waals surface area contributed by atoms with Gasteiger partial charge in [0, 0.05) is 29.8 Å². The molecule has 3 aromatic rings. The molecule has 3 N–H and O–H groups in total. The Labute approximate surface area is 182 Å². The lowest BCUT2D eigenvalue weighted by Crippen LogP contribution is -2.30. The molecule has 5 nitrogen and oxygen atoms in total. The third-order valence-electron chi connectivity index (χ3n) is 5.46. The Kier molecular flexibility index (Phi) is 6.62. The number of benzene rings is 3. The summed E-state index contributed by atoms with van der Waals surface area (Å²) in [6.07, 6.45) is 2.71. The van der Waals surface area contributed by atoms with Crippen LogP contribution in [0, 0.1) is 5.92 Å². The topological polar surface area (TPSA) is 70.2 Å². The zero-order valence-corrected chi connectivity index (χ0v) is 17.4. The lowest BCUT2D eigenvalue weighted by molar-refractivity contribution is -0.117. The van der Waals surface area contributed by atoms with Crippen molar-refractivity contribution in [1.29, 1.82) is 0 Å². The number of anilines is 2. The van der Waals surface area contributed by atoms with Gasteiger partial charge in [-0.3, -0.25) is 4.79 Å². The van der Waals surface area contributed by atoms with E-state index in [0.29, 0.717) is 17.9 Å². The fourth-order valence-corrected chi connectivity index (χ4v) is 3.67. The van der Waals surface area contributed by atoms with Gasteiger partial charge < -0.3 is 16.0 Å². The van der Waals surface area contributed by atoms with Crippen molar-refractivity contribution in [1.82, 2.24) is 5.32 Å². The molecule has 0 heterocycles. The monoisotopic (exact) mass is 413 g/mol. The third-order valence-corrected chi connectivity index (χ3v) is 5.46. The van der Waals surface area contributed by atoms with Crippen molar-refractivity contribution < 1.29 is 9.59 Å². The third kappa shape index (κ3) is 5.95. The molecule has 5 heteroatoms. The zero-order chi connectivity index (χ0) is 21.5. The van der Waals surface area contributed by atoms with Crippen LogP contribution in [0.1, 0.15) is 36.3 Å². The highest BCUT2D eigenvalue weighted by molar-refractivity contribution is 5.95. The van der Waals surface area contributed by atoms with Gasteiger partial charge in [-0.2, -0.15) is 0 Å². The van der Waals surface area contributed by atoms with Gasteiger partial charge in [-0.25, -0.2) is 4.79 Å². The Balaban J connectivity index is 1.32. The van der Waals surface area contributed by atoms with E-state index in [1.54, 1.807) is 6.07 Å². The summed E-state index contributed by atoms with van der Waals surface area (Å²) in [7, 11) is 0. The second-order valence-corrected chi connectivity index (χ2v) is 7.89. The van der Waals surface area contributed by atoms with E-state index in [9.17, 15) is 9.59 Å². The molecule has 0 bridgehead atoms. The number of nitrogens with one attached hydrogen (secondary N) is 3. The summed E-state index contributed by atoms with van der Waals surface area (Å²) >= 11 is 0. The largest absolute Gasteiger partial charge is 0.338 e. The van der Waals surface area contributed by atoms with Gasteiger partial charge in [-0.1, -0.05) is 66.7 Å². The molecule has 4 rings (SSSR count). The molecule has 0 aromatic heterocycles. The summed E-state index contributed by atoms with van der Waals surface area (Å²) in [5.41, 5.74) is 3.81. The smallest absolute Gasteiger partial charge is 0.319 e. The van der Waals surface area contributed by atoms with Gasteiger partial charge in [0.1, 0.15) is 0 Å². The average molecular weight is 414 g/mol. The molecule has 0 atom stereocenters. The van der Waals surface area contributed by atoms with Gasteiger partial charge in [-0.05, 0) is 48.6 Å². The van der Waals surface area contributed by atoms with Crippen LogP contribution in [-0.4, -0.2) is 18.5 Å². The van der Waals surface area contributed by atoms with E-state index < -0.39 is 0 Å². The lowest BCUT2D eigenvalue weighted by atomic mass is 9.88. The Morgan fingerprint density at radius 1 is 0.774 bits per heavy atom. The van der Waals surface area contributed by atoms with E-state index in [2.05, 4.69) is 40.2 Å². The number of carbonyl (C=O) groups excluding carboxylic acids is 2. The molecule has 3 aromatic carbocycles. The number of carbonyl (C=O) groups is 2. The second kappa shape index (κ2) is 9.94. The number of urea groups is 1. The molecule has 0 unspecified atom stereocenters. The summed E-state index contributed by atoms with van der Waals surface area (Å²) in [6.45, 7) is 0.540. The number of amides is 3. The first-order valence-corrected chi connectivity index (χ1v) is 10.7.